The largest absolute Gasteiger partial charge is 0.370 e. The second kappa shape index (κ2) is 7.59. The Morgan fingerprint density at radius 3 is 2.48 bits per heavy atom. The van der Waals surface area contributed by atoms with Gasteiger partial charge in [0.2, 0.25) is 0 Å². The first-order valence-corrected chi connectivity index (χ1v) is 8.20. The number of hydrogen-bond donors (Lipinski definition) is 2. The average Bonchev–Trinajstić information content (AvgIpc) is 3.31. The van der Waals surface area contributed by atoms with E-state index in [1.54, 1.807) is 6.33 Å². The van der Waals surface area contributed by atoms with Crippen LogP contribution < -0.4 is 10.6 Å². The van der Waals surface area contributed by atoms with Gasteiger partial charge < -0.3 is 10.6 Å². The lowest BCUT2D eigenvalue weighted by atomic mass is 10.1. The van der Waals surface area contributed by atoms with E-state index in [-0.39, 0.29) is 0 Å². The molecule has 0 spiro atoms. The zero-order valence-corrected chi connectivity index (χ0v) is 13.8. The fourth-order valence-electron chi connectivity index (χ4n) is 2.60. The fourth-order valence-corrected chi connectivity index (χ4v) is 2.60. The lowest BCUT2D eigenvalue weighted by Gasteiger charge is -2.25. The van der Waals surface area contributed by atoms with Crippen LogP contribution in [0.4, 0.5) is 11.6 Å². The summed E-state index contributed by atoms with van der Waals surface area (Å²) in [7, 11) is 2.22. The van der Waals surface area contributed by atoms with Crippen molar-refractivity contribution in [1.82, 2.24) is 14.9 Å². The summed E-state index contributed by atoms with van der Waals surface area (Å²) >= 11 is 0. The molecule has 1 aromatic rings. The summed E-state index contributed by atoms with van der Waals surface area (Å²) in [6, 6.07) is 1.31. The molecule has 0 amide bonds. The van der Waals surface area contributed by atoms with E-state index in [9.17, 15) is 0 Å². The minimum absolute atomic E-state index is 0.518. The maximum absolute atomic E-state index is 4.45. The van der Waals surface area contributed by atoms with E-state index in [0.717, 1.165) is 43.6 Å². The predicted octanol–water partition coefficient (Wildman–Crippen LogP) is 2.76. The molecule has 0 aliphatic heterocycles. The topological polar surface area (TPSA) is 53.1 Å². The Bertz CT molecular complexity index is 444. The molecule has 5 nitrogen and oxygen atoms in total. The minimum atomic E-state index is 0.518. The molecular formula is C16H29N5. The van der Waals surface area contributed by atoms with Gasteiger partial charge in [0, 0.05) is 30.7 Å². The Morgan fingerprint density at radius 2 is 1.90 bits per heavy atom. The quantitative estimate of drug-likeness (QED) is 0.733. The SMILES string of the molecule is CCCc1c(NCC)ncnc1NCC(C)N(C)C1CC1. The Labute approximate surface area is 128 Å². The highest BCUT2D eigenvalue weighted by Crippen LogP contribution is 2.27. The van der Waals surface area contributed by atoms with E-state index < -0.39 is 0 Å². The smallest absolute Gasteiger partial charge is 0.134 e. The number of aromatic nitrogens is 2. The minimum Gasteiger partial charge on any atom is -0.370 e. The molecule has 0 aromatic carbocycles. The fraction of sp³-hybridized carbons (Fsp3) is 0.750. The molecule has 1 aliphatic carbocycles. The Morgan fingerprint density at radius 1 is 1.24 bits per heavy atom. The molecule has 1 aromatic heterocycles. The van der Waals surface area contributed by atoms with Crippen molar-refractivity contribution in [1.29, 1.82) is 0 Å². The molecule has 1 fully saturated rings. The maximum Gasteiger partial charge on any atom is 0.134 e. The molecule has 1 unspecified atom stereocenters. The van der Waals surface area contributed by atoms with Gasteiger partial charge in [-0.2, -0.15) is 0 Å². The van der Waals surface area contributed by atoms with Gasteiger partial charge in [0.25, 0.3) is 0 Å². The highest BCUT2D eigenvalue weighted by Gasteiger charge is 2.29. The Balaban J connectivity index is 2.02. The van der Waals surface area contributed by atoms with Crippen LogP contribution in [0.3, 0.4) is 0 Å². The second-order valence-electron chi connectivity index (χ2n) is 5.96. The third kappa shape index (κ3) is 4.30. The van der Waals surface area contributed by atoms with Gasteiger partial charge in [0.1, 0.15) is 18.0 Å². The maximum atomic E-state index is 4.45. The first-order valence-electron chi connectivity index (χ1n) is 8.20. The number of hydrogen-bond acceptors (Lipinski definition) is 5. The molecule has 5 heteroatoms. The van der Waals surface area contributed by atoms with Crippen LogP contribution in [0.25, 0.3) is 0 Å². The second-order valence-corrected chi connectivity index (χ2v) is 5.96. The molecule has 21 heavy (non-hydrogen) atoms. The highest BCUT2D eigenvalue weighted by molar-refractivity contribution is 5.57. The van der Waals surface area contributed by atoms with Crippen molar-refractivity contribution in [2.75, 3.05) is 30.8 Å². The summed E-state index contributed by atoms with van der Waals surface area (Å²) in [5.74, 6) is 1.96. The summed E-state index contributed by atoms with van der Waals surface area (Å²) in [5, 5.41) is 6.87. The molecular weight excluding hydrogens is 262 g/mol. The molecule has 1 saturated carbocycles. The van der Waals surface area contributed by atoms with Gasteiger partial charge in [-0.25, -0.2) is 9.97 Å². The van der Waals surface area contributed by atoms with Crippen LogP contribution in [0.15, 0.2) is 6.33 Å². The van der Waals surface area contributed by atoms with Crippen LogP contribution in [0.5, 0.6) is 0 Å². The lowest BCUT2D eigenvalue weighted by Crippen LogP contribution is -2.36. The summed E-state index contributed by atoms with van der Waals surface area (Å²) in [5.41, 5.74) is 1.21. The molecule has 1 aliphatic rings. The normalized spacial score (nSPS) is 16.0. The first kappa shape index (κ1) is 16.0. The molecule has 2 N–H and O–H groups in total. The standard InChI is InChI=1S/C16H29N5/c1-5-7-14-15(17-6-2)19-11-20-16(14)18-10-12(3)21(4)13-8-9-13/h11-13H,5-10H2,1-4H3,(H2,17,18,19,20). The van der Waals surface area contributed by atoms with Crippen molar-refractivity contribution < 1.29 is 0 Å². The van der Waals surface area contributed by atoms with Crippen LogP contribution in [0, 0.1) is 0 Å². The number of nitrogens with one attached hydrogen (secondary N) is 2. The first-order chi connectivity index (χ1) is 10.2. The molecule has 0 radical (unpaired) electrons. The van der Waals surface area contributed by atoms with Crippen molar-refractivity contribution in [3.05, 3.63) is 11.9 Å². The summed E-state index contributed by atoms with van der Waals surface area (Å²) in [6.07, 6.45) is 6.44. The highest BCUT2D eigenvalue weighted by atomic mass is 15.2. The van der Waals surface area contributed by atoms with E-state index in [1.165, 1.54) is 18.4 Å². The van der Waals surface area contributed by atoms with Crippen molar-refractivity contribution in [2.24, 2.45) is 0 Å². The zero-order chi connectivity index (χ0) is 15.2. The van der Waals surface area contributed by atoms with E-state index in [4.69, 9.17) is 0 Å². The van der Waals surface area contributed by atoms with Gasteiger partial charge >= 0.3 is 0 Å². The molecule has 1 atom stereocenters. The third-order valence-electron chi connectivity index (χ3n) is 4.17. The molecule has 0 bridgehead atoms. The van der Waals surface area contributed by atoms with E-state index in [0.29, 0.717) is 6.04 Å². The zero-order valence-electron chi connectivity index (χ0n) is 13.8. The van der Waals surface area contributed by atoms with Crippen LogP contribution >= 0.6 is 0 Å². The van der Waals surface area contributed by atoms with Crippen molar-refractivity contribution in [3.63, 3.8) is 0 Å². The summed E-state index contributed by atoms with van der Waals surface area (Å²) < 4.78 is 0. The van der Waals surface area contributed by atoms with E-state index in [1.807, 2.05) is 0 Å². The van der Waals surface area contributed by atoms with Gasteiger partial charge in [-0.05, 0) is 40.2 Å². The van der Waals surface area contributed by atoms with Crippen molar-refractivity contribution >= 4 is 11.6 Å². The predicted molar refractivity (Wildman–Crippen MR) is 88.9 cm³/mol. The van der Waals surface area contributed by atoms with Gasteiger partial charge in [-0.1, -0.05) is 13.3 Å². The van der Waals surface area contributed by atoms with Gasteiger partial charge in [0.15, 0.2) is 0 Å². The monoisotopic (exact) mass is 291 g/mol. The molecule has 0 saturated heterocycles. The number of anilines is 2. The lowest BCUT2D eigenvalue weighted by molar-refractivity contribution is 0.257. The van der Waals surface area contributed by atoms with Crippen molar-refractivity contribution in [2.45, 2.75) is 58.5 Å². The molecule has 1 heterocycles. The third-order valence-corrected chi connectivity index (χ3v) is 4.17. The molecule has 118 valence electrons. The summed E-state index contributed by atoms with van der Waals surface area (Å²) in [6.45, 7) is 8.37. The van der Waals surface area contributed by atoms with Crippen LogP contribution in [-0.4, -0.2) is 47.1 Å². The van der Waals surface area contributed by atoms with E-state index >= 15 is 0 Å². The number of rotatable bonds is 9. The van der Waals surface area contributed by atoms with Crippen LogP contribution in [-0.2, 0) is 6.42 Å². The van der Waals surface area contributed by atoms with Gasteiger partial charge in [0.05, 0.1) is 0 Å². The average molecular weight is 291 g/mol. The van der Waals surface area contributed by atoms with Crippen LogP contribution in [0.2, 0.25) is 0 Å². The van der Waals surface area contributed by atoms with E-state index in [2.05, 4.69) is 53.3 Å². The van der Waals surface area contributed by atoms with Crippen molar-refractivity contribution in [3.8, 4) is 0 Å². The Hall–Kier alpha value is -1.36. The molecule has 2 rings (SSSR count). The summed E-state index contributed by atoms with van der Waals surface area (Å²) in [4.78, 5) is 11.3. The van der Waals surface area contributed by atoms with Gasteiger partial charge in [-0.3, -0.25) is 4.90 Å². The Kier molecular flexibility index (Phi) is 5.79. The van der Waals surface area contributed by atoms with Gasteiger partial charge in [-0.15, -0.1) is 0 Å². The number of nitrogens with zero attached hydrogens (tertiary/aromatic N) is 3. The van der Waals surface area contributed by atoms with Crippen LogP contribution in [0.1, 0.15) is 45.6 Å². The number of likely N-dealkylation sites (N-methyl/N-ethyl adjacent to an activating group) is 1.